The van der Waals surface area contributed by atoms with Crippen molar-refractivity contribution in [2.24, 2.45) is 5.92 Å². The van der Waals surface area contributed by atoms with Gasteiger partial charge in [-0.1, -0.05) is 30.9 Å². The summed E-state index contributed by atoms with van der Waals surface area (Å²) < 4.78 is 5.36. The Morgan fingerprint density at radius 2 is 1.83 bits per heavy atom. The quantitative estimate of drug-likeness (QED) is 0.726. The minimum absolute atomic E-state index is 0.156. The number of nitrogens with one attached hydrogen (secondary N) is 2. The van der Waals surface area contributed by atoms with Crippen LogP contribution < -0.4 is 15.4 Å². The van der Waals surface area contributed by atoms with E-state index in [1.807, 2.05) is 0 Å². The molecule has 2 aliphatic rings. The van der Waals surface area contributed by atoms with Gasteiger partial charge in [0.05, 0.1) is 23.4 Å². The molecule has 2 amide bonds. The zero-order valence-electron chi connectivity index (χ0n) is 17.4. The van der Waals surface area contributed by atoms with Crippen LogP contribution in [0.3, 0.4) is 0 Å². The molecule has 7 heteroatoms. The molecule has 1 heterocycles. The van der Waals surface area contributed by atoms with Crippen LogP contribution in [0.5, 0.6) is 5.75 Å². The molecule has 2 N–H and O–H groups in total. The molecule has 3 rings (SSSR count). The fourth-order valence-electron chi connectivity index (χ4n) is 4.44. The van der Waals surface area contributed by atoms with Crippen LogP contribution in [-0.4, -0.2) is 49.5 Å². The van der Waals surface area contributed by atoms with Gasteiger partial charge < -0.3 is 20.3 Å². The monoisotopic (exact) mass is 421 g/mol. The second kappa shape index (κ2) is 10.3. The van der Waals surface area contributed by atoms with Crippen LogP contribution >= 0.6 is 11.6 Å². The van der Waals surface area contributed by atoms with Gasteiger partial charge in [-0.05, 0) is 37.7 Å². The average molecular weight is 422 g/mol. The Kier molecular flexibility index (Phi) is 7.78. The van der Waals surface area contributed by atoms with Gasteiger partial charge in [0, 0.05) is 38.7 Å². The Hall–Kier alpha value is -1.79. The molecule has 0 radical (unpaired) electrons. The van der Waals surface area contributed by atoms with Crippen LogP contribution in [-0.2, 0) is 4.79 Å². The average Bonchev–Trinajstić information content (AvgIpc) is 2.71. The number of hydrogen-bond acceptors (Lipinski definition) is 4. The van der Waals surface area contributed by atoms with Gasteiger partial charge in [0.15, 0.2) is 0 Å². The van der Waals surface area contributed by atoms with Gasteiger partial charge in [0.2, 0.25) is 5.91 Å². The standard InChI is InChI=1S/C22H32ClN3O3/c1-15(27)24-20-13-21(29-2)18(12-19(20)23)22(28)25-17-8-10-26(11-9-17)14-16-6-4-3-5-7-16/h12-13,16-17H,3-11,14H2,1-2H3,(H,24,27)(H,25,28). The summed E-state index contributed by atoms with van der Waals surface area (Å²) >= 11 is 6.24. The van der Waals surface area contributed by atoms with E-state index in [4.69, 9.17) is 16.3 Å². The molecule has 1 aromatic rings. The second-order valence-electron chi connectivity index (χ2n) is 8.27. The number of piperidine rings is 1. The number of methoxy groups -OCH3 is 1. The first-order valence-electron chi connectivity index (χ1n) is 10.6. The van der Waals surface area contributed by atoms with Gasteiger partial charge in [0.25, 0.3) is 5.91 Å². The van der Waals surface area contributed by atoms with Crippen LogP contribution in [0.2, 0.25) is 5.02 Å². The predicted octanol–water partition coefficient (Wildman–Crippen LogP) is 4.08. The molecule has 0 aromatic heterocycles. The SMILES string of the molecule is COc1cc(NC(C)=O)c(Cl)cc1C(=O)NC1CCN(CC2CCCCC2)CC1. The molecule has 160 valence electrons. The molecular weight excluding hydrogens is 390 g/mol. The van der Waals surface area contributed by atoms with Gasteiger partial charge in [0.1, 0.15) is 5.75 Å². The van der Waals surface area contributed by atoms with E-state index in [1.54, 1.807) is 12.1 Å². The van der Waals surface area contributed by atoms with E-state index in [9.17, 15) is 9.59 Å². The molecule has 2 fully saturated rings. The number of benzene rings is 1. The maximum atomic E-state index is 12.8. The van der Waals surface area contributed by atoms with Crippen molar-refractivity contribution in [2.45, 2.75) is 57.9 Å². The lowest BCUT2D eigenvalue weighted by Gasteiger charge is -2.35. The van der Waals surface area contributed by atoms with Crippen molar-refractivity contribution in [1.29, 1.82) is 0 Å². The number of hydrogen-bond donors (Lipinski definition) is 2. The van der Waals surface area contributed by atoms with Gasteiger partial charge in [-0.3, -0.25) is 9.59 Å². The Balaban J connectivity index is 1.55. The number of ether oxygens (including phenoxy) is 1. The molecule has 0 spiro atoms. The minimum atomic E-state index is -0.230. The van der Waals surface area contributed by atoms with Crippen molar-refractivity contribution in [3.8, 4) is 5.75 Å². The smallest absolute Gasteiger partial charge is 0.255 e. The highest BCUT2D eigenvalue weighted by Gasteiger charge is 2.25. The maximum absolute atomic E-state index is 12.8. The third-order valence-corrected chi connectivity index (χ3v) is 6.32. The van der Waals surface area contributed by atoms with E-state index in [0.717, 1.165) is 31.8 Å². The van der Waals surface area contributed by atoms with Crippen molar-refractivity contribution >= 4 is 29.1 Å². The van der Waals surface area contributed by atoms with Crippen LogP contribution in [0.4, 0.5) is 5.69 Å². The highest BCUT2D eigenvalue weighted by molar-refractivity contribution is 6.34. The number of rotatable bonds is 6. The highest BCUT2D eigenvalue weighted by atomic mass is 35.5. The summed E-state index contributed by atoms with van der Waals surface area (Å²) in [6.07, 6.45) is 8.79. The molecule has 6 nitrogen and oxygen atoms in total. The molecule has 1 aliphatic carbocycles. The van der Waals surface area contributed by atoms with Crippen LogP contribution in [0.1, 0.15) is 62.2 Å². The molecule has 1 saturated heterocycles. The lowest BCUT2D eigenvalue weighted by Crippen LogP contribution is -2.46. The van der Waals surface area contributed by atoms with E-state index in [0.29, 0.717) is 22.0 Å². The van der Waals surface area contributed by atoms with Crippen molar-refractivity contribution in [3.05, 3.63) is 22.7 Å². The van der Waals surface area contributed by atoms with E-state index in [2.05, 4.69) is 15.5 Å². The van der Waals surface area contributed by atoms with E-state index >= 15 is 0 Å². The molecular formula is C22H32ClN3O3. The molecule has 29 heavy (non-hydrogen) atoms. The highest BCUT2D eigenvalue weighted by Crippen LogP contribution is 2.31. The molecule has 1 saturated carbocycles. The first-order chi connectivity index (χ1) is 14.0. The number of anilines is 1. The zero-order chi connectivity index (χ0) is 20.8. The lowest BCUT2D eigenvalue weighted by molar-refractivity contribution is -0.114. The topological polar surface area (TPSA) is 70.7 Å². The Morgan fingerprint density at radius 3 is 2.45 bits per heavy atom. The predicted molar refractivity (Wildman–Crippen MR) is 116 cm³/mol. The summed E-state index contributed by atoms with van der Waals surface area (Å²) in [5, 5.41) is 6.09. The number of carbonyl (C=O) groups excluding carboxylic acids is 2. The molecule has 1 aliphatic heterocycles. The molecule has 0 bridgehead atoms. The number of nitrogens with zero attached hydrogens (tertiary/aromatic N) is 1. The third-order valence-electron chi connectivity index (χ3n) is 6.01. The Bertz CT molecular complexity index is 726. The Labute approximate surface area is 178 Å². The first-order valence-corrected chi connectivity index (χ1v) is 11.0. The van der Waals surface area contributed by atoms with Crippen LogP contribution in [0.15, 0.2) is 12.1 Å². The summed E-state index contributed by atoms with van der Waals surface area (Å²) in [5.41, 5.74) is 0.819. The number of amides is 2. The second-order valence-corrected chi connectivity index (χ2v) is 8.67. The van der Waals surface area contributed by atoms with E-state index in [-0.39, 0.29) is 17.9 Å². The van der Waals surface area contributed by atoms with Gasteiger partial charge >= 0.3 is 0 Å². The van der Waals surface area contributed by atoms with Crippen molar-refractivity contribution < 1.29 is 14.3 Å². The fraction of sp³-hybridized carbons (Fsp3) is 0.636. The lowest BCUT2D eigenvalue weighted by atomic mass is 9.88. The van der Waals surface area contributed by atoms with Crippen LogP contribution in [0.25, 0.3) is 0 Å². The van der Waals surface area contributed by atoms with Crippen molar-refractivity contribution in [1.82, 2.24) is 10.2 Å². The minimum Gasteiger partial charge on any atom is -0.496 e. The molecule has 0 unspecified atom stereocenters. The number of carbonyl (C=O) groups is 2. The number of halogens is 1. The summed E-state index contributed by atoms with van der Waals surface area (Å²) in [4.78, 5) is 26.7. The summed E-state index contributed by atoms with van der Waals surface area (Å²) in [5.74, 6) is 0.823. The van der Waals surface area contributed by atoms with E-state index in [1.165, 1.54) is 52.7 Å². The fourth-order valence-corrected chi connectivity index (χ4v) is 4.65. The molecule has 0 atom stereocenters. The van der Waals surface area contributed by atoms with Crippen molar-refractivity contribution in [2.75, 3.05) is 32.1 Å². The largest absolute Gasteiger partial charge is 0.496 e. The van der Waals surface area contributed by atoms with Crippen molar-refractivity contribution in [3.63, 3.8) is 0 Å². The summed E-state index contributed by atoms with van der Waals surface area (Å²) in [6.45, 7) is 4.67. The normalized spacial score (nSPS) is 19.0. The number of likely N-dealkylation sites (tertiary alicyclic amines) is 1. The zero-order valence-corrected chi connectivity index (χ0v) is 18.2. The van der Waals surface area contributed by atoms with Gasteiger partial charge in [-0.15, -0.1) is 0 Å². The van der Waals surface area contributed by atoms with Gasteiger partial charge in [-0.2, -0.15) is 0 Å². The maximum Gasteiger partial charge on any atom is 0.255 e. The Morgan fingerprint density at radius 1 is 1.14 bits per heavy atom. The van der Waals surface area contributed by atoms with Crippen LogP contribution in [0, 0.1) is 5.92 Å². The summed E-state index contributed by atoms with van der Waals surface area (Å²) in [6, 6.07) is 3.30. The third kappa shape index (κ3) is 6.09. The summed E-state index contributed by atoms with van der Waals surface area (Å²) in [7, 11) is 1.50. The first kappa shape index (κ1) is 21.9. The molecule has 1 aromatic carbocycles. The van der Waals surface area contributed by atoms with Gasteiger partial charge in [-0.25, -0.2) is 0 Å². The van der Waals surface area contributed by atoms with E-state index < -0.39 is 0 Å².